The number of carbonyl (C=O) groups excluding carboxylic acids is 1. The van der Waals surface area contributed by atoms with Crippen molar-refractivity contribution >= 4 is 5.97 Å². The molecule has 2 heteroatoms. The van der Waals surface area contributed by atoms with Gasteiger partial charge in [0, 0.05) is 12.0 Å². The highest BCUT2D eigenvalue weighted by molar-refractivity contribution is 5.69. The Bertz CT molecular complexity index is 528. The molecule has 106 valence electrons. The first-order valence-electron chi connectivity index (χ1n) is 7.30. The van der Waals surface area contributed by atoms with Gasteiger partial charge in [-0.25, -0.2) is 0 Å². The summed E-state index contributed by atoms with van der Waals surface area (Å²) in [6.45, 7) is 4.37. The molecule has 0 spiro atoms. The van der Waals surface area contributed by atoms with Gasteiger partial charge in [0.1, 0.15) is 6.61 Å². The summed E-state index contributed by atoms with van der Waals surface area (Å²) in [6, 6.07) is 0. The Morgan fingerprint density at radius 2 is 2.10 bits per heavy atom. The summed E-state index contributed by atoms with van der Waals surface area (Å²) < 4.78 is 5.39. The predicted molar refractivity (Wildman–Crippen MR) is 82.2 cm³/mol. The third-order valence-corrected chi connectivity index (χ3v) is 3.69. The number of carbonyl (C=O) groups is 1. The minimum Gasteiger partial charge on any atom is -0.461 e. The normalized spacial score (nSPS) is 20.3. The molecule has 0 heterocycles. The summed E-state index contributed by atoms with van der Waals surface area (Å²) >= 11 is 0. The quantitative estimate of drug-likeness (QED) is 0.707. The monoisotopic (exact) mass is 270 g/mol. The zero-order valence-electron chi connectivity index (χ0n) is 12.3. The molecule has 0 N–H and O–H groups in total. The number of hydrogen-bond donors (Lipinski definition) is 0. The molecule has 0 amide bonds. The molecular formula is C18H22O2. The van der Waals surface area contributed by atoms with E-state index in [0.29, 0.717) is 13.0 Å². The molecule has 0 aromatic carbocycles. The third kappa shape index (κ3) is 3.60. The van der Waals surface area contributed by atoms with Crippen LogP contribution in [0.2, 0.25) is 0 Å². The Hall–Kier alpha value is -1.83. The van der Waals surface area contributed by atoms with Gasteiger partial charge in [0.05, 0.1) is 0 Å². The summed E-state index contributed by atoms with van der Waals surface area (Å²) in [5, 5.41) is 0. The fraction of sp³-hybridized carbons (Fsp3) is 0.389. The standard InChI is InChI=1S/C18H22O2/c1-3-18(19)20-13-17(15-10-5-4-6-11-15)16-12-8-7-9-14(16)2/h4-6,8,10,12H,3,7,9,11,13H2,1-2H3/b17-15-. The van der Waals surface area contributed by atoms with E-state index < -0.39 is 0 Å². The zero-order chi connectivity index (χ0) is 14.4. The van der Waals surface area contributed by atoms with E-state index >= 15 is 0 Å². The second-order valence-corrected chi connectivity index (χ2v) is 5.14. The number of esters is 1. The Labute approximate surface area is 121 Å². The maximum Gasteiger partial charge on any atom is 0.305 e. The van der Waals surface area contributed by atoms with E-state index in [4.69, 9.17) is 4.74 Å². The second kappa shape index (κ2) is 7.09. The lowest BCUT2D eigenvalue weighted by molar-refractivity contribution is -0.142. The summed E-state index contributed by atoms with van der Waals surface area (Å²) in [4.78, 5) is 11.5. The molecule has 0 bridgehead atoms. The number of rotatable bonds is 4. The van der Waals surface area contributed by atoms with E-state index in [1.54, 1.807) is 0 Å². The summed E-state index contributed by atoms with van der Waals surface area (Å²) in [6.07, 6.45) is 16.2. The van der Waals surface area contributed by atoms with Crippen molar-refractivity contribution in [2.45, 2.75) is 39.5 Å². The van der Waals surface area contributed by atoms with Crippen LogP contribution in [0.25, 0.3) is 0 Å². The average Bonchev–Trinajstić information content (AvgIpc) is 2.50. The highest BCUT2D eigenvalue weighted by atomic mass is 16.5. The van der Waals surface area contributed by atoms with Gasteiger partial charge in [-0.1, -0.05) is 49.0 Å². The van der Waals surface area contributed by atoms with Crippen LogP contribution in [0.5, 0.6) is 0 Å². The fourth-order valence-corrected chi connectivity index (χ4v) is 2.47. The smallest absolute Gasteiger partial charge is 0.305 e. The molecule has 0 aromatic heterocycles. The van der Waals surface area contributed by atoms with Gasteiger partial charge >= 0.3 is 5.97 Å². The third-order valence-electron chi connectivity index (χ3n) is 3.69. The van der Waals surface area contributed by atoms with Gasteiger partial charge in [0.15, 0.2) is 0 Å². The van der Waals surface area contributed by atoms with Gasteiger partial charge in [-0.2, -0.15) is 0 Å². The first kappa shape index (κ1) is 14.6. The number of allylic oxidation sites excluding steroid dienone is 8. The van der Waals surface area contributed by atoms with Crippen molar-refractivity contribution in [2.24, 2.45) is 0 Å². The predicted octanol–water partition coefficient (Wildman–Crippen LogP) is 4.42. The van der Waals surface area contributed by atoms with Crippen LogP contribution in [0.4, 0.5) is 0 Å². The van der Waals surface area contributed by atoms with Crippen molar-refractivity contribution in [3.05, 3.63) is 58.7 Å². The molecule has 0 atom stereocenters. The summed E-state index contributed by atoms with van der Waals surface area (Å²) in [5.74, 6) is -0.142. The minimum atomic E-state index is -0.142. The van der Waals surface area contributed by atoms with Gasteiger partial charge in [-0.3, -0.25) is 4.79 Å². The van der Waals surface area contributed by atoms with Crippen molar-refractivity contribution in [3.63, 3.8) is 0 Å². The Morgan fingerprint density at radius 1 is 1.25 bits per heavy atom. The fourth-order valence-electron chi connectivity index (χ4n) is 2.47. The van der Waals surface area contributed by atoms with Crippen molar-refractivity contribution in [1.82, 2.24) is 0 Å². The SMILES string of the molecule is CCC(=O)OC/C(C1=C(C)CCC=C1)=C1\C=CC=CC1. The van der Waals surface area contributed by atoms with E-state index in [2.05, 4.69) is 37.3 Å². The lowest BCUT2D eigenvalue weighted by Crippen LogP contribution is -2.11. The van der Waals surface area contributed by atoms with Gasteiger partial charge < -0.3 is 4.74 Å². The molecule has 0 radical (unpaired) electrons. The molecule has 2 rings (SSSR count). The second-order valence-electron chi connectivity index (χ2n) is 5.14. The lowest BCUT2D eigenvalue weighted by Gasteiger charge is -2.19. The van der Waals surface area contributed by atoms with Crippen LogP contribution in [-0.4, -0.2) is 12.6 Å². The molecule has 0 unspecified atom stereocenters. The Morgan fingerprint density at radius 3 is 2.75 bits per heavy atom. The van der Waals surface area contributed by atoms with Crippen molar-refractivity contribution in [3.8, 4) is 0 Å². The maximum absolute atomic E-state index is 11.5. The zero-order valence-corrected chi connectivity index (χ0v) is 12.3. The van der Waals surface area contributed by atoms with Crippen LogP contribution in [0.15, 0.2) is 58.7 Å². The van der Waals surface area contributed by atoms with E-state index in [-0.39, 0.29) is 5.97 Å². The molecule has 0 saturated heterocycles. The molecule has 0 fully saturated rings. The maximum atomic E-state index is 11.5. The molecule has 2 aliphatic carbocycles. The highest BCUT2D eigenvalue weighted by Gasteiger charge is 2.15. The molecule has 0 aliphatic heterocycles. The van der Waals surface area contributed by atoms with Gasteiger partial charge in [0.25, 0.3) is 0 Å². The molecule has 2 aliphatic rings. The van der Waals surface area contributed by atoms with Crippen molar-refractivity contribution in [2.75, 3.05) is 6.61 Å². The number of ether oxygens (including phenoxy) is 1. The summed E-state index contributed by atoms with van der Waals surface area (Å²) in [5.41, 5.74) is 5.03. The highest BCUT2D eigenvalue weighted by Crippen LogP contribution is 2.29. The van der Waals surface area contributed by atoms with E-state index in [1.807, 2.05) is 13.0 Å². The lowest BCUT2D eigenvalue weighted by atomic mass is 9.89. The molecular weight excluding hydrogens is 248 g/mol. The van der Waals surface area contributed by atoms with E-state index in [9.17, 15) is 4.79 Å². The Kier molecular flexibility index (Phi) is 5.16. The van der Waals surface area contributed by atoms with Crippen molar-refractivity contribution < 1.29 is 9.53 Å². The molecule has 2 nitrogen and oxygen atoms in total. The van der Waals surface area contributed by atoms with Gasteiger partial charge in [-0.05, 0) is 37.3 Å². The van der Waals surface area contributed by atoms with Crippen LogP contribution < -0.4 is 0 Å². The van der Waals surface area contributed by atoms with E-state index in [0.717, 1.165) is 24.8 Å². The molecule has 0 saturated carbocycles. The Balaban J connectivity index is 2.29. The van der Waals surface area contributed by atoms with Crippen LogP contribution in [0.3, 0.4) is 0 Å². The number of hydrogen-bond acceptors (Lipinski definition) is 2. The molecule has 20 heavy (non-hydrogen) atoms. The largest absolute Gasteiger partial charge is 0.461 e. The average molecular weight is 270 g/mol. The minimum absolute atomic E-state index is 0.142. The van der Waals surface area contributed by atoms with Crippen LogP contribution in [0.1, 0.15) is 39.5 Å². The van der Waals surface area contributed by atoms with E-state index in [1.165, 1.54) is 16.7 Å². The summed E-state index contributed by atoms with van der Waals surface area (Å²) in [7, 11) is 0. The van der Waals surface area contributed by atoms with Crippen LogP contribution in [0, 0.1) is 0 Å². The first-order chi connectivity index (χ1) is 9.72. The van der Waals surface area contributed by atoms with Gasteiger partial charge in [0.2, 0.25) is 0 Å². The van der Waals surface area contributed by atoms with Crippen molar-refractivity contribution in [1.29, 1.82) is 0 Å². The van der Waals surface area contributed by atoms with Crippen LogP contribution >= 0.6 is 0 Å². The molecule has 0 aromatic rings. The van der Waals surface area contributed by atoms with Gasteiger partial charge in [-0.15, -0.1) is 0 Å². The first-order valence-corrected chi connectivity index (χ1v) is 7.30. The topological polar surface area (TPSA) is 26.3 Å². The van der Waals surface area contributed by atoms with Crippen LogP contribution in [-0.2, 0) is 9.53 Å².